The van der Waals surface area contributed by atoms with Gasteiger partial charge in [-0.1, -0.05) is 51.3 Å². The first-order valence-corrected chi connectivity index (χ1v) is 8.75. The summed E-state index contributed by atoms with van der Waals surface area (Å²) in [5.41, 5.74) is 0. The molecule has 0 heterocycles. The molecular weight excluding hydrogens is 373 g/mol. The van der Waals surface area contributed by atoms with Gasteiger partial charge < -0.3 is 0 Å². The molecule has 0 fully saturated rings. The fourth-order valence-corrected chi connectivity index (χ4v) is 5.18. The van der Waals surface area contributed by atoms with Gasteiger partial charge in [-0.3, -0.25) is 0 Å². The summed E-state index contributed by atoms with van der Waals surface area (Å²) in [6.45, 7) is 0. The van der Waals surface area contributed by atoms with Crippen LogP contribution in [0.4, 0.5) is 0 Å². The molecule has 0 aliphatic heterocycles. The van der Waals surface area contributed by atoms with Crippen molar-refractivity contribution in [2.75, 3.05) is 0 Å². The highest BCUT2D eigenvalue weighted by atomic mass is 79.9. The largest absolute Gasteiger partial charge is 0.243 e. The molecule has 0 amide bonds. The van der Waals surface area contributed by atoms with Gasteiger partial charge in [-0.15, -0.1) is 0 Å². The molecule has 3 nitrogen and oxygen atoms in total. The summed E-state index contributed by atoms with van der Waals surface area (Å²) in [5, 5.41) is 0.219. The monoisotopic (exact) mass is 383 g/mol. The van der Waals surface area contributed by atoms with E-state index in [4.69, 9.17) is 23.2 Å². The van der Waals surface area contributed by atoms with Crippen LogP contribution in [-0.2, 0) is 10.0 Å². The second-order valence-corrected chi connectivity index (χ2v) is 7.68. The number of nitrogens with one attached hydrogen (secondary N) is 1. The summed E-state index contributed by atoms with van der Waals surface area (Å²) >= 11 is 15.2. The predicted molar refractivity (Wildman–Crippen MR) is 81.3 cm³/mol. The van der Waals surface area contributed by atoms with Gasteiger partial charge in [0.1, 0.15) is 4.90 Å². The molecule has 1 aromatic carbocycles. The summed E-state index contributed by atoms with van der Waals surface area (Å²) < 4.78 is 28.0. The van der Waals surface area contributed by atoms with E-state index in [1.165, 1.54) is 12.1 Å². The lowest BCUT2D eigenvalue weighted by Crippen LogP contribution is -2.35. The van der Waals surface area contributed by atoms with E-state index in [-0.39, 0.29) is 21.0 Å². The van der Waals surface area contributed by atoms with E-state index in [1.807, 2.05) is 12.2 Å². The van der Waals surface area contributed by atoms with Gasteiger partial charge in [-0.2, -0.15) is 0 Å². The van der Waals surface area contributed by atoms with Crippen LogP contribution in [0.2, 0.25) is 10.0 Å². The smallest absolute Gasteiger partial charge is 0.208 e. The van der Waals surface area contributed by atoms with Gasteiger partial charge in [0.2, 0.25) is 10.0 Å². The maximum absolute atomic E-state index is 12.3. The molecule has 1 atom stereocenters. The summed E-state index contributed by atoms with van der Waals surface area (Å²) in [4.78, 5) is -0.0615. The van der Waals surface area contributed by atoms with Crippen molar-refractivity contribution < 1.29 is 8.42 Å². The summed E-state index contributed by atoms with van der Waals surface area (Å²) in [7, 11) is -3.71. The molecule has 1 aliphatic rings. The summed E-state index contributed by atoms with van der Waals surface area (Å²) in [5.74, 6) is 0. The van der Waals surface area contributed by atoms with Crippen LogP contribution in [0.3, 0.4) is 0 Å². The summed E-state index contributed by atoms with van der Waals surface area (Å²) in [6, 6.07) is 2.93. The summed E-state index contributed by atoms with van der Waals surface area (Å²) in [6.07, 6.45) is 6.35. The van der Waals surface area contributed by atoms with Crippen molar-refractivity contribution in [3.05, 3.63) is 38.8 Å². The van der Waals surface area contributed by atoms with Crippen molar-refractivity contribution in [3.63, 3.8) is 0 Å². The minimum absolute atomic E-state index is 0.0615. The van der Waals surface area contributed by atoms with E-state index < -0.39 is 10.0 Å². The van der Waals surface area contributed by atoms with Crippen LogP contribution in [0.25, 0.3) is 0 Å². The molecule has 0 aromatic heterocycles. The van der Waals surface area contributed by atoms with Gasteiger partial charge in [0, 0.05) is 10.5 Å². The molecule has 7 heteroatoms. The van der Waals surface area contributed by atoms with Crippen LogP contribution in [0.5, 0.6) is 0 Å². The molecule has 0 saturated heterocycles. The number of halogens is 3. The first-order valence-electron chi connectivity index (χ1n) is 5.72. The van der Waals surface area contributed by atoms with E-state index in [9.17, 15) is 8.42 Å². The molecule has 1 N–H and O–H groups in total. The van der Waals surface area contributed by atoms with Crippen LogP contribution in [0.15, 0.2) is 33.7 Å². The van der Waals surface area contributed by atoms with Crippen LogP contribution in [0, 0.1) is 0 Å². The normalized spacial score (nSPS) is 19.6. The Hall–Kier alpha value is -0.0700. The minimum Gasteiger partial charge on any atom is -0.208 e. The number of hydrogen-bond donors (Lipinski definition) is 1. The zero-order valence-electron chi connectivity index (χ0n) is 9.87. The highest BCUT2D eigenvalue weighted by molar-refractivity contribution is 9.10. The van der Waals surface area contributed by atoms with E-state index in [1.54, 1.807) is 0 Å². The third-order valence-electron chi connectivity index (χ3n) is 2.82. The van der Waals surface area contributed by atoms with Crippen molar-refractivity contribution in [1.82, 2.24) is 4.72 Å². The Labute approximate surface area is 131 Å². The average Bonchev–Trinajstić information content (AvgIpc) is 2.27. The third kappa shape index (κ3) is 3.73. The highest BCUT2D eigenvalue weighted by Gasteiger charge is 2.25. The fourth-order valence-electron chi connectivity index (χ4n) is 1.96. The Bertz CT molecular complexity index is 593. The standard InChI is InChI=1S/C12H12BrCl2NO2S/c13-8-6-10(14)12(11(15)7-8)19(17,18)16-9-4-2-1-3-5-9/h1-2,6-7,9,16H,3-5H2. The SMILES string of the molecule is O=S(=O)(NC1CC=CCC1)c1c(Cl)cc(Br)cc1Cl. The second-order valence-electron chi connectivity index (χ2n) is 4.30. The van der Waals surface area contributed by atoms with Crippen LogP contribution < -0.4 is 4.72 Å². The zero-order chi connectivity index (χ0) is 14.0. The van der Waals surface area contributed by atoms with Crippen molar-refractivity contribution in [2.45, 2.75) is 30.2 Å². The van der Waals surface area contributed by atoms with Crippen LogP contribution in [-0.4, -0.2) is 14.5 Å². The number of hydrogen-bond acceptors (Lipinski definition) is 2. The van der Waals surface area contributed by atoms with Crippen molar-refractivity contribution in [1.29, 1.82) is 0 Å². The maximum atomic E-state index is 12.3. The molecule has 19 heavy (non-hydrogen) atoms. The van der Waals surface area contributed by atoms with E-state index in [2.05, 4.69) is 20.7 Å². The quantitative estimate of drug-likeness (QED) is 0.796. The van der Waals surface area contributed by atoms with Gasteiger partial charge in [-0.25, -0.2) is 13.1 Å². The highest BCUT2D eigenvalue weighted by Crippen LogP contribution is 2.33. The molecule has 1 unspecified atom stereocenters. The molecule has 0 radical (unpaired) electrons. The third-order valence-corrected chi connectivity index (χ3v) is 5.72. The van der Waals surface area contributed by atoms with Crippen molar-refractivity contribution in [3.8, 4) is 0 Å². The fraction of sp³-hybridized carbons (Fsp3) is 0.333. The van der Waals surface area contributed by atoms with Gasteiger partial charge in [0.05, 0.1) is 10.0 Å². The molecule has 0 bridgehead atoms. The predicted octanol–water partition coefficient (Wildman–Crippen LogP) is 4.14. The van der Waals surface area contributed by atoms with Gasteiger partial charge in [0.25, 0.3) is 0 Å². The topological polar surface area (TPSA) is 46.2 Å². The Morgan fingerprint density at radius 2 is 1.84 bits per heavy atom. The average molecular weight is 385 g/mol. The molecule has 0 saturated carbocycles. The van der Waals surface area contributed by atoms with Crippen molar-refractivity contribution >= 4 is 49.2 Å². The van der Waals surface area contributed by atoms with Gasteiger partial charge in [0.15, 0.2) is 0 Å². The number of sulfonamides is 1. The molecule has 104 valence electrons. The minimum atomic E-state index is -3.71. The maximum Gasteiger partial charge on any atom is 0.243 e. The van der Waals surface area contributed by atoms with E-state index in [0.717, 1.165) is 12.8 Å². The zero-order valence-corrected chi connectivity index (χ0v) is 13.8. The Balaban J connectivity index is 2.32. The lowest BCUT2D eigenvalue weighted by Gasteiger charge is -2.20. The first kappa shape index (κ1) is 15.3. The lowest BCUT2D eigenvalue weighted by atomic mass is 10.0. The first-order chi connectivity index (χ1) is 8.90. The van der Waals surface area contributed by atoms with Gasteiger partial charge >= 0.3 is 0 Å². The Kier molecular flexibility index (Phi) is 4.95. The Morgan fingerprint density at radius 1 is 1.21 bits per heavy atom. The lowest BCUT2D eigenvalue weighted by molar-refractivity contribution is 0.522. The van der Waals surface area contributed by atoms with Crippen LogP contribution >= 0.6 is 39.1 Å². The number of rotatable bonds is 3. The molecule has 0 spiro atoms. The molecular formula is C12H12BrCl2NO2S. The Morgan fingerprint density at radius 3 is 2.37 bits per heavy atom. The van der Waals surface area contributed by atoms with E-state index in [0.29, 0.717) is 10.9 Å². The second kappa shape index (κ2) is 6.14. The number of allylic oxidation sites excluding steroid dienone is 1. The molecule has 2 rings (SSSR count). The van der Waals surface area contributed by atoms with Gasteiger partial charge in [-0.05, 0) is 31.4 Å². The molecule has 1 aromatic rings. The van der Waals surface area contributed by atoms with Crippen molar-refractivity contribution in [2.24, 2.45) is 0 Å². The van der Waals surface area contributed by atoms with Crippen LogP contribution in [0.1, 0.15) is 19.3 Å². The number of benzene rings is 1. The molecule has 1 aliphatic carbocycles. The van der Waals surface area contributed by atoms with E-state index >= 15 is 0 Å².